The number of piperidine rings is 1. The highest BCUT2D eigenvalue weighted by atomic mass is 19.1. The molecule has 2 rings (SSSR count). The van der Waals surface area contributed by atoms with E-state index in [1.807, 2.05) is 0 Å². The number of amides is 2. The minimum Gasteiger partial charge on any atom is -0.491 e. The van der Waals surface area contributed by atoms with E-state index in [0.717, 1.165) is 25.3 Å². The summed E-state index contributed by atoms with van der Waals surface area (Å²) < 4.78 is 24.6. The number of carbonyl (C=O) groups is 3. The number of methoxy groups -OCH3 is 1. The number of carbonyl (C=O) groups excluding carboxylic acids is 3. The van der Waals surface area contributed by atoms with Crippen LogP contribution >= 0.6 is 0 Å². The maximum absolute atomic E-state index is 14.4. The number of imide groups is 1. The second-order valence-electron chi connectivity index (χ2n) is 6.80. The number of benzene rings is 1. The molecule has 0 spiro atoms. The Morgan fingerprint density at radius 3 is 2.72 bits per heavy atom. The molecule has 1 aromatic rings. The standard InChI is InChI=1S/C20H27FN2O6/c1-28-20(27)14-11-15(21)17(29-9-5-3-2-4-8-24)10-13(14)12-22-16-6-7-18(25)23-19(16)26/h10-11,16,22,24H,2-9,12H2,1H3,(H,23,25,26). The van der Waals surface area contributed by atoms with Crippen LogP contribution in [0.5, 0.6) is 5.75 Å². The number of ether oxygens (including phenoxy) is 2. The smallest absolute Gasteiger partial charge is 0.338 e. The summed E-state index contributed by atoms with van der Waals surface area (Å²) >= 11 is 0. The lowest BCUT2D eigenvalue weighted by Gasteiger charge is -2.22. The third-order valence-electron chi connectivity index (χ3n) is 4.65. The van der Waals surface area contributed by atoms with Crippen LogP contribution in [-0.4, -0.2) is 49.3 Å². The van der Waals surface area contributed by atoms with Crippen molar-refractivity contribution in [2.75, 3.05) is 20.3 Å². The zero-order valence-electron chi connectivity index (χ0n) is 16.5. The molecule has 0 radical (unpaired) electrons. The molecular weight excluding hydrogens is 383 g/mol. The van der Waals surface area contributed by atoms with Gasteiger partial charge in [-0.2, -0.15) is 0 Å². The van der Waals surface area contributed by atoms with Crippen molar-refractivity contribution >= 4 is 17.8 Å². The van der Waals surface area contributed by atoms with Crippen LogP contribution in [0, 0.1) is 5.82 Å². The summed E-state index contributed by atoms with van der Waals surface area (Å²) in [6.07, 6.45) is 3.72. The Balaban J connectivity index is 2.05. The molecule has 0 saturated carbocycles. The minimum atomic E-state index is -0.695. The lowest BCUT2D eigenvalue weighted by Crippen LogP contribution is -2.50. The Kier molecular flexibility index (Phi) is 9.01. The first kappa shape index (κ1) is 22.8. The van der Waals surface area contributed by atoms with Crippen molar-refractivity contribution in [3.8, 4) is 5.75 Å². The van der Waals surface area contributed by atoms with Gasteiger partial charge in [-0.25, -0.2) is 9.18 Å². The zero-order valence-corrected chi connectivity index (χ0v) is 16.5. The van der Waals surface area contributed by atoms with E-state index in [0.29, 0.717) is 25.0 Å². The van der Waals surface area contributed by atoms with Crippen molar-refractivity contribution in [3.63, 3.8) is 0 Å². The number of nitrogens with one attached hydrogen (secondary N) is 2. The predicted molar refractivity (Wildman–Crippen MR) is 102 cm³/mol. The van der Waals surface area contributed by atoms with Crippen LogP contribution in [0.3, 0.4) is 0 Å². The van der Waals surface area contributed by atoms with E-state index < -0.39 is 23.7 Å². The van der Waals surface area contributed by atoms with Gasteiger partial charge in [0.15, 0.2) is 11.6 Å². The Labute approximate surface area is 168 Å². The van der Waals surface area contributed by atoms with E-state index in [9.17, 15) is 18.8 Å². The number of aliphatic hydroxyl groups excluding tert-OH is 1. The molecule has 2 amide bonds. The molecule has 1 saturated heterocycles. The Morgan fingerprint density at radius 2 is 2.03 bits per heavy atom. The fourth-order valence-electron chi connectivity index (χ4n) is 3.02. The number of hydrogen-bond donors (Lipinski definition) is 3. The molecule has 29 heavy (non-hydrogen) atoms. The molecule has 8 nitrogen and oxygen atoms in total. The van der Waals surface area contributed by atoms with Crippen LogP contribution in [-0.2, 0) is 20.9 Å². The number of esters is 1. The number of unbranched alkanes of at least 4 members (excludes halogenated alkanes) is 3. The zero-order chi connectivity index (χ0) is 21.2. The first-order valence-electron chi connectivity index (χ1n) is 9.67. The molecule has 3 N–H and O–H groups in total. The third kappa shape index (κ3) is 6.79. The van der Waals surface area contributed by atoms with Gasteiger partial charge in [0, 0.05) is 19.6 Å². The quantitative estimate of drug-likeness (QED) is 0.287. The Bertz CT molecular complexity index is 740. The van der Waals surface area contributed by atoms with Crippen molar-refractivity contribution < 1.29 is 33.4 Å². The molecule has 1 aliphatic heterocycles. The van der Waals surface area contributed by atoms with Gasteiger partial charge in [0.25, 0.3) is 0 Å². The van der Waals surface area contributed by atoms with Crippen LogP contribution in [0.25, 0.3) is 0 Å². The summed E-state index contributed by atoms with van der Waals surface area (Å²) in [6, 6.07) is 1.90. The molecule has 1 heterocycles. The lowest BCUT2D eigenvalue weighted by atomic mass is 10.0. The van der Waals surface area contributed by atoms with Gasteiger partial charge in [-0.1, -0.05) is 6.42 Å². The van der Waals surface area contributed by atoms with Crippen LogP contribution in [0.15, 0.2) is 12.1 Å². The highest BCUT2D eigenvalue weighted by Gasteiger charge is 2.27. The van der Waals surface area contributed by atoms with Crippen LogP contribution in [0.2, 0.25) is 0 Å². The molecule has 0 bridgehead atoms. The average molecular weight is 410 g/mol. The van der Waals surface area contributed by atoms with E-state index in [2.05, 4.69) is 10.6 Å². The van der Waals surface area contributed by atoms with Crippen molar-refractivity contribution in [3.05, 3.63) is 29.1 Å². The summed E-state index contributed by atoms with van der Waals surface area (Å²) in [5, 5.41) is 14.0. The topological polar surface area (TPSA) is 114 Å². The van der Waals surface area contributed by atoms with Gasteiger partial charge in [0.05, 0.1) is 25.3 Å². The number of halogens is 1. The predicted octanol–water partition coefficient (Wildman–Crippen LogP) is 1.44. The third-order valence-corrected chi connectivity index (χ3v) is 4.65. The van der Waals surface area contributed by atoms with E-state index in [4.69, 9.17) is 14.6 Å². The molecule has 160 valence electrons. The SMILES string of the molecule is COC(=O)c1cc(F)c(OCCCCCCO)cc1CNC1CCC(=O)NC1=O. The van der Waals surface area contributed by atoms with E-state index in [1.165, 1.54) is 13.2 Å². The molecule has 9 heteroatoms. The Morgan fingerprint density at radius 1 is 1.28 bits per heavy atom. The van der Waals surface area contributed by atoms with Gasteiger partial charge >= 0.3 is 5.97 Å². The summed E-state index contributed by atoms with van der Waals surface area (Å²) in [5.41, 5.74) is 0.471. The number of rotatable bonds is 11. The number of hydrogen-bond acceptors (Lipinski definition) is 7. The normalized spacial score (nSPS) is 16.4. The van der Waals surface area contributed by atoms with Crippen LogP contribution in [0.4, 0.5) is 4.39 Å². The monoisotopic (exact) mass is 410 g/mol. The van der Waals surface area contributed by atoms with E-state index >= 15 is 0 Å². The fraction of sp³-hybridized carbons (Fsp3) is 0.550. The van der Waals surface area contributed by atoms with Gasteiger partial charge in [-0.15, -0.1) is 0 Å². The molecule has 1 aliphatic rings. The highest BCUT2D eigenvalue weighted by molar-refractivity contribution is 6.00. The molecule has 1 fully saturated rings. The van der Waals surface area contributed by atoms with Crippen molar-refractivity contribution in [2.24, 2.45) is 0 Å². The molecule has 1 unspecified atom stereocenters. The minimum absolute atomic E-state index is 0.0138. The van der Waals surface area contributed by atoms with Gasteiger partial charge in [-0.05, 0) is 43.4 Å². The lowest BCUT2D eigenvalue weighted by molar-refractivity contribution is -0.134. The van der Waals surface area contributed by atoms with Crippen molar-refractivity contribution in [1.82, 2.24) is 10.6 Å². The molecule has 1 aromatic carbocycles. The highest BCUT2D eigenvalue weighted by Crippen LogP contribution is 2.24. The summed E-state index contributed by atoms with van der Waals surface area (Å²) in [6.45, 7) is 0.553. The van der Waals surface area contributed by atoms with Gasteiger partial charge in [0.1, 0.15) is 0 Å². The van der Waals surface area contributed by atoms with Crippen molar-refractivity contribution in [2.45, 2.75) is 51.1 Å². The Hall–Kier alpha value is -2.52. The van der Waals surface area contributed by atoms with Gasteiger partial charge in [-0.3, -0.25) is 14.9 Å². The average Bonchev–Trinajstić information content (AvgIpc) is 2.70. The molecule has 0 aromatic heterocycles. The summed E-state index contributed by atoms with van der Waals surface area (Å²) in [4.78, 5) is 35.1. The van der Waals surface area contributed by atoms with Gasteiger partial charge < -0.3 is 19.9 Å². The van der Waals surface area contributed by atoms with Gasteiger partial charge in [0.2, 0.25) is 11.8 Å². The first-order chi connectivity index (χ1) is 14.0. The fourth-order valence-corrected chi connectivity index (χ4v) is 3.02. The summed E-state index contributed by atoms with van der Waals surface area (Å²) in [5.74, 6) is -2.10. The second kappa shape index (κ2) is 11.5. The van der Waals surface area contributed by atoms with Crippen LogP contribution < -0.4 is 15.4 Å². The maximum Gasteiger partial charge on any atom is 0.338 e. The van der Waals surface area contributed by atoms with Crippen LogP contribution in [0.1, 0.15) is 54.4 Å². The van der Waals surface area contributed by atoms with E-state index in [1.54, 1.807) is 0 Å². The first-order valence-corrected chi connectivity index (χ1v) is 9.67. The van der Waals surface area contributed by atoms with Crippen molar-refractivity contribution in [1.29, 1.82) is 0 Å². The largest absolute Gasteiger partial charge is 0.491 e. The summed E-state index contributed by atoms with van der Waals surface area (Å²) in [7, 11) is 1.20. The molecule has 0 aliphatic carbocycles. The number of aliphatic hydroxyl groups is 1. The molecule has 1 atom stereocenters. The second-order valence-corrected chi connectivity index (χ2v) is 6.80. The molecular formula is C20H27FN2O6. The maximum atomic E-state index is 14.4. The van der Waals surface area contributed by atoms with E-state index in [-0.39, 0.29) is 36.8 Å².